The van der Waals surface area contributed by atoms with Crippen molar-refractivity contribution in [2.75, 3.05) is 5.32 Å². The van der Waals surface area contributed by atoms with Gasteiger partial charge in [0.2, 0.25) is 0 Å². The van der Waals surface area contributed by atoms with Crippen LogP contribution >= 0.6 is 27.5 Å². The molecule has 2 N–H and O–H groups in total. The topological polar surface area (TPSA) is 49.3 Å². The molecule has 3 unspecified atom stereocenters. The highest BCUT2D eigenvalue weighted by molar-refractivity contribution is 9.10. The fraction of sp³-hybridized carbons (Fsp3) is 0.211. The molecule has 24 heavy (non-hydrogen) atoms. The molecule has 0 saturated carbocycles. The van der Waals surface area contributed by atoms with E-state index in [1.165, 1.54) is 0 Å². The minimum atomic E-state index is -0.912. The lowest BCUT2D eigenvalue weighted by molar-refractivity contribution is 0.0696. The Labute approximate surface area is 153 Å². The molecule has 122 valence electrons. The standard InChI is InChI=1S/C19H15BrClNO2/c20-15-9-10(19(23)24)8-14-11-5-3-6-12(11)17(22-18(14)15)13-4-1-2-7-16(13)21/h1-5,7-9,11-12,17,22H,6H2,(H,23,24). The van der Waals surface area contributed by atoms with E-state index in [-0.39, 0.29) is 12.0 Å². The first-order valence-electron chi connectivity index (χ1n) is 7.80. The van der Waals surface area contributed by atoms with Crippen molar-refractivity contribution in [2.45, 2.75) is 18.4 Å². The Kier molecular flexibility index (Phi) is 3.89. The van der Waals surface area contributed by atoms with Crippen LogP contribution in [0, 0.1) is 5.92 Å². The minimum Gasteiger partial charge on any atom is -0.478 e. The van der Waals surface area contributed by atoms with Crippen molar-refractivity contribution < 1.29 is 9.90 Å². The van der Waals surface area contributed by atoms with Gasteiger partial charge in [-0.2, -0.15) is 0 Å². The molecule has 0 aromatic heterocycles. The Bertz CT molecular complexity index is 864. The predicted molar refractivity (Wildman–Crippen MR) is 98.9 cm³/mol. The highest BCUT2D eigenvalue weighted by Crippen LogP contribution is 2.52. The van der Waals surface area contributed by atoms with Gasteiger partial charge in [-0.05, 0) is 57.6 Å². The van der Waals surface area contributed by atoms with E-state index < -0.39 is 5.97 Å². The van der Waals surface area contributed by atoms with Gasteiger partial charge in [-0.15, -0.1) is 0 Å². The molecular weight excluding hydrogens is 390 g/mol. The zero-order valence-corrected chi connectivity index (χ0v) is 15.0. The normalized spacial score (nSPS) is 24.2. The second-order valence-corrected chi connectivity index (χ2v) is 7.49. The number of carbonyl (C=O) groups is 1. The lowest BCUT2D eigenvalue weighted by Gasteiger charge is -2.38. The van der Waals surface area contributed by atoms with E-state index >= 15 is 0 Å². The molecule has 2 aromatic carbocycles. The van der Waals surface area contributed by atoms with Gasteiger partial charge in [0.25, 0.3) is 0 Å². The fourth-order valence-corrected chi connectivity index (χ4v) is 4.66. The average molecular weight is 405 g/mol. The van der Waals surface area contributed by atoms with Crippen LogP contribution < -0.4 is 5.32 Å². The molecule has 1 heterocycles. The first kappa shape index (κ1) is 15.7. The summed E-state index contributed by atoms with van der Waals surface area (Å²) in [6.45, 7) is 0. The molecule has 0 saturated heterocycles. The molecule has 1 aliphatic heterocycles. The molecule has 2 aromatic rings. The van der Waals surface area contributed by atoms with Gasteiger partial charge in [0, 0.05) is 15.4 Å². The Morgan fingerprint density at radius 3 is 2.79 bits per heavy atom. The molecule has 3 atom stereocenters. The third-order valence-corrected chi connectivity index (χ3v) is 5.88. The number of halogens is 2. The van der Waals surface area contributed by atoms with Crippen LogP contribution in [0.1, 0.15) is 39.9 Å². The number of carboxylic acid groups (broad SMARTS) is 1. The highest BCUT2D eigenvalue weighted by atomic mass is 79.9. The van der Waals surface area contributed by atoms with Crippen molar-refractivity contribution in [3.8, 4) is 0 Å². The molecule has 0 radical (unpaired) electrons. The maximum absolute atomic E-state index is 11.4. The van der Waals surface area contributed by atoms with Gasteiger partial charge in [-0.25, -0.2) is 4.79 Å². The number of fused-ring (bicyclic) bond motifs is 3. The molecule has 0 spiro atoms. The van der Waals surface area contributed by atoms with Gasteiger partial charge in [0.1, 0.15) is 0 Å². The molecule has 5 heteroatoms. The molecule has 0 bridgehead atoms. The largest absolute Gasteiger partial charge is 0.478 e. The second-order valence-electron chi connectivity index (χ2n) is 6.22. The van der Waals surface area contributed by atoms with Crippen molar-refractivity contribution in [3.05, 3.63) is 74.7 Å². The maximum atomic E-state index is 11.4. The first-order valence-corrected chi connectivity index (χ1v) is 8.97. The summed E-state index contributed by atoms with van der Waals surface area (Å²) in [6, 6.07) is 11.4. The smallest absolute Gasteiger partial charge is 0.335 e. The van der Waals surface area contributed by atoms with Crippen molar-refractivity contribution >= 4 is 39.2 Å². The number of hydrogen-bond donors (Lipinski definition) is 2. The summed E-state index contributed by atoms with van der Waals surface area (Å²) >= 11 is 9.97. The number of hydrogen-bond acceptors (Lipinski definition) is 2. The number of nitrogens with one attached hydrogen (secondary N) is 1. The van der Waals surface area contributed by atoms with E-state index in [2.05, 4.69) is 39.5 Å². The predicted octanol–water partition coefficient (Wildman–Crippen LogP) is 5.63. The SMILES string of the molecule is O=C(O)c1cc(Br)c2c(c1)C1C=CCC1C(c1ccccc1Cl)N2. The van der Waals surface area contributed by atoms with Gasteiger partial charge in [-0.3, -0.25) is 0 Å². The lowest BCUT2D eigenvalue weighted by atomic mass is 9.76. The third kappa shape index (κ3) is 2.45. The third-order valence-electron chi connectivity index (χ3n) is 4.91. The van der Waals surface area contributed by atoms with Gasteiger partial charge >= 0.3 is 5.97 Å². The minimum absolute atomic E-state index is 0.0955. The zero-order chi connectivity index (χ0) is 16.8. The zero-order valence-electron chi connectivity index (χ0n) is 12.7. The number of anilines is 1. The van der Waals surface area contributed by atoms with E-state index in [1.54, 1.807) is 12.1 Å². The highest BCUT2D eigenvalue weighted by Gasteiger charge is 2.39. The molecule has 2 aliphatic rings. The van der Waals surface area contributed by atoms with E-state index in [0.29, 0.717) is 11.5 Å². The van der Waals surface area contributed by atoms with Crippen LogP contribution in [0.2, 0.25) is 5.02 Å². The maximum Gasteiger partial charge on any atom is 0.335 e. The summed E-state index contributed by atoms with van der Waals surface area (Å²) in [4.78, 5) is 11.4. The van der Waals surface area contributed by atoms with E-state index in [1.807, 2.05) is 18.2 Å². The van der Waals surface area contributed by atoms with Crippen LogP contribution in [-0.2, 0) is 0 Å². The van der Waals surface area contributed by atoms with Crippen molar-refractivity contribution in [2.24, 2.45) is 5.92 Å². The monoisotopic (exact) mass is 403 g/mol. The van der Waals surface area contributed by atoms with Gasteiger partial charge in [0.05, 0.1) is 17.3 Å². The molecule has 3 nitrogen and oxygen atoms in total. The van der Waals surface area contributed by atoms with Crippen molar-refractivity contribution in [1.29, 1.82) is 0 Å². The van der Waals surface area contributed by atoms with Crippen LogP contribution in [0.3, 0.4) is 0 Å². The first-order chi connectivity index (χ1) is 11.6. The summed E-state index contributed by atoms with van der Waals surface area (Å²) in [5.41, 5.74) is 3.37. The van der Waals surface area contributed by atoms with Crippen LogP contribution in [0.4, 0.5) is 5.69 Å². The van der Waals surface area contributed by atoms with Crippen LogP contribution in [-0.4, -0.2) is 11.1 Å². The van der Waals surface area contributed by atoms with Crippen LogP contribution in [0.15, 0.2) is 53.0 Å². The average Bonchev–Trinajstić information content (AvgIpc) is 3.05. The van der Waals surface area contributed by atoms with Crippen molar-refractivity contribution in [3.63, 3.8) is 0 Å². The summed E-state index contributed by atoms with van der Waals surface area (Å²) in [5, 5.41) is 13.7. The van der Waals surface area contributed by atoms with E-state index in [0.717, 1.165) is 32.7 Å². The molecule has 1 aliphatic carbocycles. The Hall–Kier alpha value is -1.78. The number of rotatable bonds is 2. The van der Waals surface area contributed by atoms with Crippen molar-refractivity contribution in [1.82, 2.24) is 0 Å². The molecule has 4 rings (SSSR count). The fourth-order valence-electron chi connectivity index (χ4n) is 3.81. The number of allylic oxidation sites excluding steroid dienone is 2. The van der Waals surface area contributed by atoms with Gasteiger partial charge in [0.15, 0.2) is 0 Å². The summed E-state index contributed by atoms with van der Waals surface area (Å²) < 4.78 is 0.771. The van der Waals surface area contributed by atoms with E-state index in [4.69, 9.17) is 11.6 Å². The quantitative estimate of drug-likeness (QED) is 0.638. The molecule has 0 fully saturated rings. The summed E-state index contributed by atoms with van der Waals surface area (Å²) in [5.74, 6) is -0.392. The van der Waals surface area contributed by atoms with Gasteiger partial charge in [-0.1, -0.05) is 42.0 Å². The number of benzene rings is 2. The van der Waals surface area contributed by atoms with Crippen LogP contribution in [0.25, 0.3) is 0 Å². The number of aromatic carboxylic acids is 1. The lowest BCUT2D eigenvalue weighted by Crippen LogP contribution is -2.29. The Morgan fingerprint density at radius 2 is 2.04 bits per heavy atom. The summed E-state index contributed by atoms with van der Waals surface area (Å²) in [6.07, 6.45) is 5.31. The second kappa shape index (κ2) is 5.94. The van der Waals surface area contributed by atoms with E-state index in [9.17, 15) is 9.90 Å². The van der Waals surface area contributed by atoms with Gasteiger partial charge < -0.3 is 10.4 Å². The molecule has 0 amide bonds. The Morgan fingerprint density at radius 1 is 1.25 bits per heavy atom. The molecular formula is C19H15BrClNO2. The number of carboxylic acids is 1. The summed E-state index contributed by atoms with van der Waals surface area (Å²) in [7, 11) is 0. The van der Waals surface area contributed by atoms with Crippen LogP contribution in [0.5, 0.6) is 0 Å². The Balaban J connectivity index is 1.85.